The van der Waals surface area contributed by atoms with Gasteiger partial charge in [0.1, 0.15) is 17.2 Å². The molecule has 24 heavy (non-hydrogen) atoms. The molecule has 4 aliphatic heterocycles. The molecule has 5 rings (SSSR count). The third-order valence-electron chi connectivity index (χ3n) is 5.72. The summed E-state index contributed by atoms with van der Waals surface area (Å²) >= 11 is 0. The van der Waals surface area contributed by atoms with E-state index in [9.17, 15) is 9.18 Å². The van der Waals surface area contributed by atoms with Gasteiger partial charge in [-0.2, -0.15) is 0 Å². The molecule has 1 aromatic carbocycles. The van der Waals surface area contributed by atoms with Crippen molar-refractivity contribution in [3.63, 3.8) is 0 Å². The summed E-state index contributed by atoms with van der Waals surface area (Å²) in [4.78, 5) is 15.2. The van der Waals surface area contributed by atoms with Gasteiger partial charge in [-0.1, -0.05) is 0 Å². The Morgan fingerprint density at radius 2 is 2.08 bits per heavy atom. The van der Waals surface area contributed by atoms with Gasteiger partial charge < -0.3 is 15.0 Å². The van der Waals surface area contributed by atoms with Gasteiger partial charge in [0.15, 0.2) is 0 Å². The molecular formula is C19H25FN2O2. The van der Waals surface area contributed by atoms with E-state index in [-0.39, 0.29) is 23.4 Å². The number of aryl methyl sites for hydroxylation is 1. The Hall–Kier alpha value is -1.62. The summed E-state index contributed by atoms with van der Waals surface area (Å²) in [5.41, 5.74) is 0.817. The molecular weight excluding hydrogens is 307 g/mol. The Morgan fingerprint density at radius 3 is 2.75 bits per heavy atom. The molecule has 0 aromatic heterocycles. The molecule has 0 aliphatic carbocycles. The summed E-state index contributed by atoms with van der Waals surface area (Å²) in [6.45, 7) is 7.18. The number of nitrogens with zero attached hydrogens (tertiary/aromatic N) is 1. The Morgan fingerprint density at radius 1 is 1.33 bits per heavy atom. The quantitative estimate of drug-likeness (QED) is 0.905. The summed E-state index contributed by atoms with van der Waals surface area (Å²) in [6.07, 6.45) is 3.83. The largest absolute Gasteiger partial charge is 0.487 e. The van der Waals surface area contributed by atoms with E-state index in [0.717, 1.165) is 50.9 Å². The van der Waals surface area contributed by atoms with E-state index < -0.39 is 0 Å². The Balaban J connectivity index is 1.59. The molecule has 1 amide bonds. The van der Waals surface area contributed by atoms with Crippen molar-refractivity contribution >= 4 is 5.91 Å². The van der Waals surface area contributed by atoms with Crippen LogP contribution in [0.15, 0.2) is 12.1 Å². The summed E-state index contributed by atoms with van der Waals surface area (Å²) in [7, 11) is 0. The first-order valence-electron chi connectivity index (χ1n) is 8.96. The van der Waals surface area contributed by atoms with Gasteiger partial charge in [0.2, 0.25) is 0 Å². The maximum Gasteiger partial charge on any atom is 0.255 e. The van der Waals surface area contributed by atoms with Crippen molar-refractivity contribution in [2.45, 2.75) is 51.2 Å². The van der Waals surface area contributed by atoms with Crippen LogP contribution in [-0.2, 0) is 6.42 Å². The van der Waals surface area contributed by atoms with Crippen LogP contribution in [0.5, 0.6) is 5.75 Å². The molecule has 3 fully saturated rings. The molecule has 1 N–H and O–H groups in total. The lowest BCUT2D eigenvalue weighted by molar-refractivity contribution is 0.0601. The summed E-state index contributed by atoms with van der Waals surface area (Å²) in [6, 6.07) is 2.97. The predicted octanol–water partition coefficient (Wildman–Crippen LogP) is 2.75. The number of hydrogen-bond acceptors (Lipinski definition) is 3. The zero-order valence-corrected chi connectivity index (χ0v) is 14.4. The normalized spacial score (nSPS) is 30.4. The van der Waals surface area contributed by atoms with Gasteiger partial charge in [-0.05, 0) is 76.2 Å². The molecule has 1 atom stereocenters. The second-order valence-corrected chi connectivity index (χ2v) is 8.02. The standard InChI is InChI=1S/C19H25FN2O2/c1-19(2)6-3-13-9-14(20)10-15(17(13)24-19)18(23)21-16-11-22-7-4-12(16)5-8-22/h9-10,12,16H,3-8,11H2,1-2H3,(H,21,23). The van der Waals surface area contributed by atoms with Crippen LogP contribution in [0.25, 0.3) is 0 Å². The monoisotopic (exact) mass is 332 g/mol. The topological polar surface area (TPSA) is 41.6 Å². The number of piperidine rings is 3. The third-order valence-corrected chi connectivity index (χ3v) is 5.72. The number of carbonyl (C=O) groups is 1. The van der Waals surface area contributed by atoms with Crippen molar-refractivity contribution in [1.82, 2.24) is 10.2 Å². The number of nitrogens with one attached hydrogen (secondary N) is 1. The molecule has 0 radical (unpaired) electrons. The molecule has 4 nitrogen and oxygen atoms in total. The molecule has 3 saturated heterocycles. The van der Waals surface area contributed by atoms with E-state index >= 15 is 0 Å². The number of halogens is 1. The van der Waals surface area contributed by atoms with Crippen molar-refractivity contribution < 1.29 is 13.9 Å². The SMILES string of the molecule is CC1(C)CCc2cc(F)cc(C(=O)NC3CN4CCC3CC4)c2O1. The number of ether oxygens (including phenoxy) is 1. The first-order chi connectivity index (χ1) is 11.4. The lowest BCUT2D eigenvalue weighted by Gasteiger charge is -2.45. The van der Waals surface area contributed by atoms with E-state index in [2.05, 4.69) is 10.2 Å². The minimum absolute atomic E-state index is 0.163. The van der Waals surface area contributed by atoms with Gasteiger partial charge in [-0.25, -0.2) is 4.39 Å². The molecule has 0 spiro atoms. The van der Waals surface area contributed by atoms with Crippen LogP contribution >= 0.6 is 0 Å². The Kier molecular flexibility index (Phi) is 3.79. The van der Waals surface area contributed by atoms with Crippen LogP contribution in [0.1, 0.15) is 49.0 Å². The van der Waals surface area contributed by atoms with Crippen LogP contribution in [0.3, 0.4) is 0 Å². The Bertz CT molecular complexity index is 666. The Labute approximate surface area is 142 Å². The molecule has 4 heterocycles. The van der Waals surface area contributed by atoms with Crippen LogP contribution in [-0.4, -0.2) is 42.1 Å². The number of fused-ring (bicyclic) bond motifs is 4. The van der Waals surface area contributed by atoms with Gasteiger partial charge in [-0.15, -0.1) is 0 Å². The van der Waals surface area contributed by atoms with E-state index in [4.69, 9.17) is 4.74 Å². The second kappa shape index (κ2) is 5.73. The highest BCUT2D eigenvalue weighted by molar-refractivity contribution is 5.97. The number of hydrogen-bond donors (Lipinski definition) is 1. The van der Waals surface area contributed by atoms with Crippen molar-refractivity contribution in [3.8, 4) is 5.75 Å². The van der Waals surface area contributed by atoms with Gasteiger partial charge in [0, 0.05) is 12.6 Å². The predicted molar refractivity (Wildman–Crippen MR) is 89.8 cm³/mol. The molecule has 130 valence electrons. The maximum atomic E-state index is 14.0. The van der Waals surface area contributed by atoms with Gasteiger partial charge in [0.25, 0.3) is 5.91 Å². The average Bonchev–Trinajstić information content (AvgIpc) is 2.55. The molecule has 2 bridgehead atoms. The zero-order valence-electron chi connectivity index (χ0n) is 14.4. The first-order valence-corrected chi connectivity index (χ1v) is 8.96. The van der Waals surface area contributed by atoms with E-state index in [1.54, 1.807) is 0 Å². The first kappa shape index (κ1) is 15.9. The number of amides is 1. The molecule has 0 saturated carbocycles. The third kappa shape index (κ3) is 2.90. The van der Waals surface area contributed by atoms with Crippen molar-refractivity contribution in [1.29, 1.82) is 0 Å². The fraction of sp³-hybridized carbons (Fsp3) is 0.632. The van der Waals surface area contributed by atoms with Crippen LogP contribution < -0.4 is 10.1 Å². The van der Waals surface area contributed by atoms with Crippen molar-refractivity contribution in [2.24, 2.45) is 5.92 Å². The van der Waals surface area contributed by atoms with Crippen molar-refractivity contribution in [2.75, 3.05) is 19.6 Å². The highest BCUT2D eigenvalue weighted by Gasteiger charge is 2.36. The molecule has 4 aliphatic rings. The minimum atomic E-state index is -0.365. The van der Waals surface area contributed by atoms with E-state index in [1.165, 1.54) is 12.1 Å². The summed E-state index contributed by atoms with van der Waals surface area (Å²) in [5, 5.41) is 3.14. The smallest absolute Gasteiger partial charge is 0.255 e. The van der Waals surface area contributed by atoms with Crippen LogP contribution in [0.4, 0.5) is 4.39 Å². The fourth-order valence-electron chi connectivity index (χ4n) is 4.26. The average molecular weight is 332 g/mol. The lowest BCUT2D eigenvalue weighted by atomic mass is 9.84. The zero-order chi connectivity index (χ0) is 16.9. The van der Waals surface area contributed by atoms with E-state index in [1.807, 2.05) is 13.8 Å². The summed E-state index contributed by atoms with van der Waals surface area (Å²) in [5.74, 6) is 0.533. The molecule has 5 heteroatoms. The maximum absolute atomic E-state index is 14.0. The molecule has 1 unspecified atom stereocenters. The number of carbonyl (C=O) groups excluding carboxylic acids is 1. The van der Waals surface area contributed by atoms with Crippen LogP contribution in [0.2, 0.25) is 0 Å². The van der Waals surface area contributed by atoms with Crippen LogP contribution in [0, 0.1) is 11.7 Å². The highest BCUT2D eigenvalue weighted by Crippen LogP contribution is 2.37. The molecule has 1 aromatic rings. The fourth-order valence-corrected chi connectivity index (χ4v) is 4.26. The lowest BCUT2D eigenvalue weighted by Crippen LogP contribution is -2.57. The number of benzene rings is 1. The number of rotatable bonds is 2. The highest BCUT2D eigenvalue weighted by atomic mass is 19.1. The summed E-state index contributed by atoms with van der Waals surface area (Å²) < 4.78 is 20.0. The minimum Gasteiger partial charge on any atom is -0.487 e. The van der Waals surface area contributed by atoms with Gasteiger partial charge in [-0.3, -0.25) is 4.79 Å². The van der Waals surface area contributed by atoms with Gasteiger partial charge >= 0.3 is 0 Å². The van der Waals surface area contributed by atoms with E-state index in [0.29, 0.717) is 17.2 Å². The second-order valence-electron chi connectivity index (χ2n) is 8.02. The van der Waals surface area contributed by atoms with Crippen molar-refractivity contribution in [3.05, 3.63) is 29.1 Å². The van der Waals surface area contributed by atoms with Gasteiger partial charge in [0.05, 0.1) is 5.56 Å².